The molecule has 2 atom stereocenters. The van der Waals surface area contributed by atoms with Crippen LogP contribution in [-0.4, -0.2) is 61.5 Å². The normalized spacial score (nSPS) is 21.1. The van der Waals surface area contributed by atoms with E-state index in [4.69, 9.17) is 5.26 Å². The van der Waals surface area contributed by atoms with E-state index in [1.807, 2.05) is 29.2 Å². The Labute approximate surface area is 173 Å². The summed E-state index contributed by atoms with van der Waals surface area (Å²) in [7, 11) is 0. The van der Waals surface area contributed by atoms with E-state index in [9.17, 15) is 4.79 Å². The lowest BCUT2D eigenvalue weighted by Crippen LogP contribution is -2.51. The molecule has 0 radical (unpaired) electrons. The zero-order chi connectivity index (χ0) is 20.5. The molecule has 5 rings (SSSR count). The van der Waals surface area contributed by atoms with Gasteiger partial charge in [0.15, 0.2) is 5.65 Å². The summed E-state index contributed by atoms with van der Waals surface area (Å²) in [6.45, 7) is 2.30. The van der Waals surface area contributed by atoms with E-state index >= 15 is 0 Å². The summed E-state index contributed by atoms with van der Waals surface area (Å²) in [6.07, 6.45) is 5.14. The number of hydrogen-bond donors (Lipinski definition) is 0. The molecule has 0 bridgehead atoms. The predicted octanol–water partition coefficient (Wildman–Crippen LogP) is 1.45. The van der Waals surface area contributed by atoms with Crippen molar-refractivity contribution >= 4 is 17.4 Å². The summed E-state index contributed by atoms with van der Waals surface area (Å²) in [5.41, 5.74) is 2.38. The van der Waals surface area contributed by atoms with Gasteiger partial charge in [0, 0.05) is 37.4 Å². The fraction of sp³-hybridized carbons (Fsp3) is 0.429. The molecule has 5 heterocycles. The fourth-order valence-electron chi connectivity index (χ4n) is 4.64. The van der Waals surface area contributed by atoms with Crippen molar-refractivity contribution in [1.29, 1.82) is 5.26 Å². The average molecular weight is 402 g/mol. The van der Waals surface area contributed by atoms with Gasteiger partial charge in [0.25, 0.3) is 0 Å². The maximum atomic E-state index is 12.9. The van der Waals surface area contributed by atoms with Crippen LogP contribution in [0.4, 0.5) is 5.82 Å². The molecule has 2 aliphatic rings. The van der Waals surface area contributed by atoms with Gasteiger partial charge in [0.05, 0.1) is 11.6 Å². The maximum absolute atomic E-state index is 12.9. The van der Waals surface area contributed by atoms with Crippen molar-refractivity contribution in [2.45, 2.75) is 31.7 Å². The van der Waals surface area contributed by atoms with Crippen LogP contribution in [0.2, 0.25) is 0 Å². The van der Waals surface area contributed by atoms with Crippen molar-refractivity contribution in [1.82, 2.24) is 29.9 Å². The Morgan fingerprint density at radius 2 is 2.13 bits per heavy atom. The first-order valence-corrected chi connectivity index (χ1v) is 10.3. The first-order chi connectivity index (χ1) is 14.7. The standard InChI is InChI=1S/C21H22N8O/c22-12-15-7-8-19(23-13-15)27-9-10-28-18(14-27)11-16(21(28)30)3-1-4-17-5-2-6-20-24-25-26-29(17)20/h2,5-8,13,16,18H,1,3-4,9-11,14H2/t16-,18-/m0/s1. The number of hydrogen-bond acceptors (Lipinski definition) is 7. The second kappa shape index (κ2) is 7.71. The van der Waals surface area contributed by atoms with Crippen LogP contribution < -0.4 is 4.90 Å². The molecule has 0 aliphatic carbocycles. The number of aryl methyl sites for hydroxylation is 1. The first-order valence-electron chi connectivity index (χ1n) is 10.3. The number of tetrazole rings is 1. The van der Waals surface area contributed by atoms with Gasteiger partial charge in [-0.05, 0) is 60.4 Å². The number of nitrogens with zero attached hydrogens (tertiary/aromatic N) is 8. The van der Waals surface area contributed by atoms with Crippen LogP contribution in [0.15, 0.2) is 36.5 Å². The molecule has 0 N–H and O–H groups in total. The fourth-order valence-corrected chi connectivity index (χ4v) is 4.64. The lowest BCUT2D eigenvalue weighted by atomic mass is 9.97. The molecule has 30 heavy (non-hydrogen) atoms. The van der Waals surface area contributed by atoms with E-state index in [2.05, 4.69) is 31.5 Å². The molecule has 3 aromatic rings. The van der Waals surface area contributed by atoms with E-state index in [1.54, 1.807) is 16.8 Å². The highest BCUT2D eigenvalue weighted by molar-refractivity contribution is 5.82. The van der Waals surface area contributed by atoms with Crippen LogP contribution in [0, 0.1) is 17.2 Å². The second-order valence-electron chi connectivity index (χ2n) is 7.94. The zero-order valence-corrected chi connectivity index (χ0v) is 16.6. The van der Waals surface area contributed by atoms with Crippen molar-refractivity contribution in [3.63, 3.8) is 0 Å². The van der Waals surface area contributed by atoms with Gasteiger partial charge in [-0.3, -0.25) is 4.79 Å². The lowest BCUT2D eigenvalue weighted by Gasteiger charge is -2.38. The number of rotatable bonds is 5. The molecule has 2 aliphatic heterocycles. The van der Waals surface area contributed by atoms with Crippen molar-refractivity contribution in [2.75, 3.05) is 24.5 Å². The van der Waals surface area contributed by atoms with Crippen molar-refractivity contribution < 1.29 is 4.79 Å². The zero-order valence-electron chi connectivity index (χ0n) is 16.6. The summed E-state index contributed by atoms with van der Waals surface area (Å²) in [6, 6.07) is 11.9. The number of fused-ring (bicyclic) bond motifs is 2. The second-order valence-corrected chi connectivity index (χ2v) is 7.94. The van der Waals surface area contributed by atoms with Crippen LogP contribution in [0.25, 0.3) is 5.65 Å². The van der Waals surface area contributed by atoms with Gasteiger partial charge in [-0.2, -0.15) is 9.78 Å². The van der Waals surface area contributed by atoms with Gasteiger partial charge in [0.1, 0.15) is 11.9 Å². The average Bonchev–Trinajstić information content (AvgIpc) is 3.39. The maximum Gasteiger partial charge on any atom is 0.226 e. The Balaban J connectivity index is 1.19. The van der Waals surface area contributed by atoms with E-state index in [0.717, 1.165) is 62.5 Å². The van der Waals surface area contributed by atoms with Gasteiger partial charge < -0.3 is 9.80 Å². The van der Waals surface area contributed by atoms with Crippen LogP contribution in [-0.2, 0) is 11.2 Å². The Kier molecular flexibility index (Phi) is 4.75. The molecule has 152 valence electrons. The van der Waals surface area contributed by atoms with Gasteiger partial charge in [-0.25, -0.2) is 4.98 Å². The number of piperazine rings is 1. The Morgan fingerprint density at radius 3 is 2.97 bits per heavy atom. The number of carbonyl (C=O) groups is 1. The minimum Gasteiger partial charge on any atom is -0.353 e. The molecule has 9 heteroatoms. The highest BCUT2D eigenvalue weighted by Gasteiger charge is 2.42. The Morgan fingerprint density at radius 1 is 1.20 bits per heavy atom. The SMILES string of the molecule is N#Cc1ccc(N2CCN3C(=O)[C@@H](CCCc4cccc5nnnn45)C[C@H]3C2)nc1. The topological polar surface area (TPSA) is 103 Å². The minimum absolute atomic E-state index is 0.0805. The highest BCUT2D eigenvalue weighted by Crippen LogP contribution is 2.32. The monoisotopic (exact) mass is 402 g/mol. The lowest BCUT2D eigenvalue weighted by molar-refractivity contribution is -0.132. The van der Waals surface area contributed by atoms with E-state index < -0.39 is 0 Å². The third-order valence-electron chi connectivity index (χ3n) is 6.16. The smallest absolute Gasteiger partial charge is 0.226 e. The van der Waals surface area contributed by atoms with E-state index in [0.29, 0.717) is 5.56 Å². The number of pyridine rings is 2. The van der Waals surface area contributed by atoms with Crippen molar-refractivity contribution in [3.05, 3.63) is 47.8 Å². The molecule has 1 amide bonds. The third kappa shape index (κ3) is 3.34. The quantitative estimate of drug-likeness (QED) is 0.636. The number of amides is 1. The Bertz CT molecular complexity index is 1100. The minimum atomic E-state index is 0.0805. The first kappa shape index (κ1) is 18.5. The molecule has 2 saturated heterocycles. The van der Waals surface area contributed by atoms with Gasteiger partial charge >= 0.3 is 0 Å². The summed E-state index contributed by atoms with van der Waals surface area (Å²) in [5.74, 6) is 1.24. The van der Waals surface area contributed by atoms with Crippen LogP contribution >= 0.6 is 0 Å². The number of nitriles is 1. The van der Waals surface area contributed by atoms with Crippen LogP contribution in [0.1, 0.15) is 30.5 Å². The van der Waals surface area contributed by atoms with Crippen molar-refractivity contribution in [3.8, 4) is 6.07 Å². The Hall–Kier alpha value is -3.54. The molecule has 0 spiro atoms. The summed E-state index contributed by atoms with van der Waals surface area (Å²) < 4.78 is 1.77. The van der Waals surface area contributed by atoms with Crippen molar-refractivity contribution in [2.24, 2.45) is 5.92 Å². The molecule has 0 saturated carbocycles. The molecule has 3 aromatic heterocycles. The summed E-state index contributed by atoms with van der Waals surface area (Å²) in [5, 5.41) is 20.7. The van der Waals surface area contributed by atoms with Gasteiger partial charge in [0.2, 0.25) is 5.91 Å². The highest BCUT2D eigenvalue weighted by atomic mass is 16.2. The molecule has 9 nitrogen and oxygen atoms in total. The van der Waals surface area contributed by atoms with Gasteiger partial charge in [-0.1, -0.05) is 6.07 Å². The third-order valence-corrected chi connectivity index (χ3v) is 6.16. The molecular weight excluding hydrogens is 380 g/mol. The molecular formula is C21H22N8O. The molecule has 2 fully saturated rings. The largest absolute Gasteiger partial charge is 0.353 e. The number of carbonyl (C=O) groups excluding carboxylic acids is 1. The van der Waals surface area contributed by atoms with E-state index in [1.165, 1.54) is 0 Å². The van der Waals surface area contributed by atoms with Gasteiger partial charge in [-0.15, -0.1) is 5.10 Å². The number of aromatic nitrogens is 5. The van der Waals surface area contributed by atoms with Crippen LogP contribution in [0.3, 0.4) is 0 Å². The summed E-state index contributed by atoms with van der Waals surface area (Å²) >= 11 is 0. The predicted molar refractivity (Wildman–Crippen MR) is 108 cm³/mol. The van der Waals surface area contributed by atoms with Crippen LogP contribution in [0.5, 0.6) is 0 Å². The molecule has 0 aromatic carbocycles. The number of anilines is 1. The molecule has 0 unspecified atom stereocenters. The summed E-state index contributed by atoms with van der Waals surface area (Å²) in [4.78, 5) is 21.6. The van der Waals surface area contributed by atoms with E-state index in [-0.39, 0.29) is 17.9 Å².